The van der Waals surface area contributed by atoms with E-state index in [1.165, 1.54) is 11.8 Å². The van der Waals surface area contributed by atoms with Gasteiger partial charge >= 0.3 is 0 Å². The molecule has 7 heteroatoms. The number of amides is 1. The average molecular weight is 332 g/mol. The van der Waals surface area contributed by atoms with E-state index in [0.717, 1.165) is 30.8 Å². The largest absolute Gasteiger partial charge is 0.370 e. The van der Waals surface area contributed by atoms with Crippen LogP contribution in [0.1, 0.15) is 43.3 Å². The highest BCUT2D eigenvalue weighted by Gasteiger charge is 2.21. The summed E-state index contributed by atoms with van der Waals surface area (Å²) in [7, 11) is 0. The molecule has 1 aromatic heterocycles. The molecule has 1 aliphatic heterocycles. The van der Waals surface area contributed by atoms with Gasteiger partial charge in [-0.1, -0.05) is 42.1 Å². The van der Waals surface area contributed by atoms with Crippen molar-refractivity contribution in [1.29, 1.82) is 0 Å². The lowest BCUT2D eigenvalue weighted by Crippen LogP contribution is -2.28. The number of carbonyl (C=O) groups is 1. The highest BCUT2D eigenvalue weighted by Crippen LogP contribution is 2.26. The average Bonchev–Trinajstić information content (AvgIpc) is 3.25. The summed E-state index contributed by atoms with van der Waals surface area (Å²) in [4.78, 5) is 16.4. The summed E-state index contributed by atoms with van der Waals surface area (Å²) in [6.45, 7) is 2.74. The minimum Gasteiger partial charge on any atom is -0.370 e. The van der Waals surface area contributed by atoms with E-state index in [-0.39, 0.29) is 18.1 Å². The molecular weight excluding hydrogens is 312 g/mol. The SMILES string of the molecule is C[C@H](NC(=O)CSc1n[nH]c([C@H]2CCCO2)n1)c1ccccc1. The zero-order valence-electron chi connectivity index (χ0n) is 13.0. The summed E-state index contributed by atoms with van der Waals surface area (Å²) in [6.07, 6.45) is 2.03. The van der Waals surface area contributed by atoms with Crippen LogP contribution in [0.3, 0.4) is 0 Å². The first-order valence-corrected chi connectivity index (χ1v) is 8.72. The van der Waals surface area contributed by atoms with Crippen LogP contribution in [-0.4, -0.2) is 33.4 Å². The summed E-state index contributed by atoms with van der Waals surface area (Å²) < 4.78 is 5.56. The van der Waals surface area contributed by atoms with Crippen LogP contribution in [0.4, 0.5) is 0 Å². The summed E-state index contributed by atoms with van der Waals surface area (Å²) in [6, 6.07) is 9.88. The number of thioether (sulfide) groups is 1. The molecule has 6 nitrogen and oxygen atoms in total. The number of hydrogen-bond donors (Lipinski definition) is 2. The first-order valence-electron chi connectivity index (χ1n) is 7.73. The highest BCUT2D eigenvalue weighted by molar-refractivity contribution is 7.99. The van der Waals surface area contributed by atoms with Crippen LogP contribution in [-0.2, 0) is 9.53 Å². The maximum Gasteiger partial charge on any atom is 0.230 e. The second-order valence-electron chi connectivity index (χ2n) is 5.49. The molecule has 2 heterocycles. The Morgan fingerprint density at radius 3 is 3.04 bits per heavy atom. The Kier molecular flexibility index (Phi) is 5.30. The van der Waals surface area contributed by atoms with Crippen LogP contribution in [0, 0.1) is 0 Å². The van der Waals surface area contributed by atoms with Gasteiger partial charge in [-0.05, 0) is 25.3 Å². The lowest BCUT2D eigenvalue weighted by Gasteiger charge is -2.13. The molecule has 0 aliphatic carbocycles. The van der Waals surface area contributed by atoms with Gasteiger partial charge in [-0.25, -0.2) is 4.98 Å². The fourth-order valence-corrected chi connectivity index (χ4v) is 3.11. The van der Waals surface area contributed by atoms with Gasteiger partial charge in [0.25, 0.3) is 0 Å². The van der Waals surface area contributed by atoms with Crippen LogP contribution in [0.25, 0.3) is 0 Å². The van der Waals surface area contributed by atoms with E-state index in [2.05, 4.69) is 20.5 Å². The fraction of sp³-hybridized carbons (Fsp3) is 0.438. The second-order valence-corrected chi connectivity index (χ2v) is 6.44. The van der Waals surface area contributed by atoms with Crippen LogP contribution in [0.5, 0.6) is 0 Å². The maximum absolute atomic E-state index is 12.0. The van der Waals surface area contributed by atoms with E-state index in [1.807, 2.05) is 37.3 Å². The molecule has 23 heavy (non-hydrogen) atoms. The number of nitrogens with one attached hydrogen (secondary N) is 2. The van der Waals surface area contributed by atoms with E-state index in [1.54, 1.807) is 0 Å². The Balaban J connectivity index is 1.47. The predicted octanol–water partition coefficient (Wildman–Crippen LogP) is 2.63. The first kappa shape index (κ1) is 16.0. The second kappa shape index (κ2) is 7.61. The molecule has 0 spiro atoms. The van der Waals surface area contributed by atoms with Gasteiger partial charge < -0.3 is 10.1 Å². The normalized spacial score (nSPS) is 18.7. The molecule has 2 aromatic rings. The molecule has 1 aromatic carbocycles. The summed E-state index contributed by atoms with van der Waals surface area (Å²) >= 11 is 1.32. The van der Waals surface area contributed by atoms with Crippen molar-refractivity contribution < 1.29 is 9.53 Å². The van der Waals surface area contributed by atoms with Crippen molar-refractivity contribution in [2.45, 2.75) is 37.1 Å². The smallest absolute Gasteiger partial charge is 0.230 e. The van der Waals surface area contributed by atoms with Crippen molar-refractivity contribution in [3.05, 3.63) is 41.7 Å². The van der Waals surface area contributed by atoms with Crippen LogP contribution in [0.15, 0.2) is 35.5 Å². The Morgan fingerprint density at radius 2 is 2.30 bits per heavy atom. The molecule has 1 aliphatic rings. The zero-order chi connectivity index (χ0) is 16.1. The number of H-pyrrole nitrogens is 1. The number of ether oxygens (including phenoxy) is 1. The van der Waals surface area contributed by atoms with E-state index in [4.69, 9.17) is 4.74 Å². The fourth-order valence-electron chi connectivity index (χ4n) is 2.50. The molecule has 122 valence electrons. The molecule has 0 bridgehead atoms. The molecule has 1 fully saturated rings. The van der Waals surface area contributed by atoms with Gasteiger partial charge in [-0.15, -0.1) is 5.10 Å². The molecule has 3 rings (SSSR count). The van der Waals surface area contributed by atoms with E-state index in [9.17, 15) is 4.79 Å². The summed E-state index contributed by atoms with van der Waals surface area (Å²) in [5.74, 6) is 1.01. The van der Waals surface area contributed by atoms with Gasteiger partial charge in [0, 0.05) is 6.61 Å². The first-order chi connectivity index (χ1) is 11.2. The van der Waals surface area contributed by atoms with Gasteiger partial charge in [0.15, 0.2) is 5.82 Å². The topological polar surface area (TPSA) is 79.9 Å². The number of benzene rings is 1. The Bertz CT molecular complexity index is 641. The third-order valence-electron chi connectivity index (χ3n) is 3.73. The minimum atomic E-state index is -0.0326. The van der Waals surface area contributed by atoms with Crippen molar-refractivity contribution in [1.82, 2.24) is 20.5 Å². The van der Waals surface area contributed by atoms with Crippen LogP contribution in [0.2, 0.25) is 0 Å². The van der Waals surface area contributed by atoms with E-state index >= 15 is 0 Å². The number of carbonyl (C=O) groups excluding carboxylic acids is 1. The lowest BCUT2D eigenvalue weighted by molar-refractivity contribution is -0.119. The van der Waals surface area contributed by atoms with Gasteiger partial charge in [-0.3, -0.25) is 9.89 Å². The zero-order valence-corrected chi connectivity index (χ0v) is 13.8. The number of rotatable bonds is 6. The number of aromatic amines is 1. The molecule has 1 amide bonds. The molecule has 2 atom stereocenters. The summed E-state index contributed by atoms with van der Waals surface area (Å²) in [5.41, 5.74) is 1.09. The highest BCUT2D eigenvalue weighted by atomic mass is 32.2. The standard InChI is InChI=1S/C16H20N4O2S/c1-11(12-6-3-2-4-7-12)17-14(21)10-23-16-18-15(19-20-16)13-8-5-9-22-13/h2-4,6-7,11,13H,5,8-10H2,1H3,(H,17,21)(H,18,19,20)/t11-,13+/m0/s1. The molecule has 0 unspecified atom stereocenters. The number of aromatic nitrogens is 3. The van der Waals surface area contributed by atoms with E-state index < -0.39 is 0 Å². The Morgan fingerprint density at radius 1 is 1.48 bits per heavy atom. The summed E-state index contributed by atoms with van der Waals surface area (Å²) in [5, 5.41) is 10.6. The Labute approximate surface area is 139 Å². The van der Waals surface area contributed by atoms with Gasteiger partial charge in [-0.2, -0.15) is 0 Å². The van der Waals surface area contributed by atoms with Crippen LogP contribution < -0.4 is 5.32 Å². The van der Waals surface area contributed by atoms with Gasteiger partial charge in [0.1, 0.15) is 6.10 Å². The number of nitrogens with zero attached hydrogens (tertiary/aromatic N) is 2. The molecule has 2 N–H and O–H groups in total. The van der Waals surface area contributed by atoms with Gasteiger partial charge in [0.05, 0.1) is 11.8 Å². The van der Waals surface area contributed by atoms with Crippen molar-refractivity contribution in [2.24, 2.45) is 0 Å². The molecule has 0 saturated carbocycles. The molecule has 1 saturated heterocycles. The third kappa shape index (κ3) is 4.33. The monoisotopic (exact) mass is 332 g/mol. The Hall–Kier alpha value is -1.86. The molecule has 0 radical (unpaired) electrons. The van der Waals surface area contributed by atoms with E-state index in [0.29, 0.717) is 10.9 Å². The van der Waals surface area contributed by atoms with Crippen LogP contribution >= 0.6 is 11.8 Å². The van der Waals surface area contributed by atoms with Gasteiger partial charge in [0.2, 0.25) is 11.1 Å². The maximum atomic E-state index is 12.0. The quantitative estimate of drug-likeness (QED) is 0.795. The number of hydrogen-bond acceptors (Lipinski definition) is 5. The third-order valence-corrected chi connectivity index (χ3v) is 4.57. The lowest BCUT2D eigenvalue weighted by atomic mass is 10.1. The van der Waals surface area contributed by atoms with Crippen molar-refractivity contribution in [3.8, 4) is 0 Å². The van der Waals surface area contributed by atoms with Crippen molar-refractivity contribution >= 4 is 17.7 Å². The molecular formula is C16H20N4O2S. The van der Waals surface area contributed by atoms with Crippen molar-refractivity contribution in [3.63, 3.8) is 0 Å². The van der Waals surface area contributed by atoms with Crippen molar-refractivity contribution in [2.75, 3.05) is 12.4 Å². The minimum absolute atomic E-state index is 0.0149. The predicted molar refractivity (Wildman–Crippen MR) is 88.0 cm³/mol.